The van der Waals surface area contributed by atoms with Crippen LogP contribution in [0.1, 0.15) is 17.9 Å². The Bertz CT molecular complexity index is 592. The number of carbonyl (C=O) groups is 1. The van der Waals surface area contributed by atoms with E-state index >= 15 is 0 Å². The van der Waals surface area contributed by atoms with Crippen molar-refractivity contribution in [2.45, 2.75) is 12.3 Å². The van der Waals surface area contributed by atoms with Gasteiger partial charge in [-0.05, 0) is 30.2 Å². The van der Waals surface area contributed by atoms with Gasteiger partial charge in [-0.15, -0.1) is 0 Å². The van der Waals surface area contributed by atoms with Gasteiger partial charge in [-0.3, -0.25) is 4.79 Å². The minimum Gasteiger partial charge on any atom is -0.481 e. The summed E-state index contributed by atoms with van der Waals surface area (Å²) in [6.45, 7) is 0. The van der Waals surface area contributed by atoms with Gasteiger partial charge < -0.3 is 9.84 Å². The van der Waals surface area contributed by atoms with Crippen LogP contribution < -0.4 is 4.74 Å². The Morgan fingerprint density at radius 3 is 2.42 bits per heavy atom. The zero-order valence-electron chi connectivity index (χ0n) is 10.3. The number of hydrogen-bond donors (Lipinski definition) is 1. The first-order valence-corrected chi connectivity index (χ1v) is 6.30. The van der Waals surface area contributed by atoms with Crippen LogP contribution in [0.3, 0.4) is 0 Å². The fourth-order valence-corrected chi connectivity index (χ4v) is 2.31. The smallest absolute Gasteiger partial charge is 0.307 e. The molecule has 3 nitrogen and oxygen atoms in total. The van der Waals surface area contributed by atoms with Gasteiger partial charge in [-0.1, -0.05) is 36.4 Å². The van der Waals surface area contributed by atoms with Crippen LogP contribution in [-0.4, -0.2) is 11.1 Å². The van der Waals surface area contributed by atoms with E-state index in [1.54, 1.807) is 0 Å². The molecule has 1 fully saturated rings. The minimum absolute atomic E-state index is 0.0809. The summed E-state index contributed by atoms with van der Waals surface area (Å²) >= 11 is 0. The van der Waals surface area contributed by atoms with E-state index in [9.17, 15) is 4.79 Å². The van der Waals surface area contributed by atoms with Crippen LogP contribution in [0.25, 0.3) is 0 Å². The van der Waals surface area contributed by atoms with Gasteiger partial charge in [-0.2, -0.15) is 0 Å². The topological polar surface area (TPSA) is 46.5 Å². The van der Waals surface area contributed by atoms with Gasteiger partial charge in [0.25, 0.3) is 0 Å². The molecular formula is C16H14O3. The highest BCUT2D eigenvalue weighted by Gasteiger charge is 2.45. The quantitative estimate of drug-likeness (QED) is 0.905. The number of hydrogen-bond acceptors (Lipinski definition) is 2. The molecule has 3 rings (SSSR count). The van der Waals surface area contributed by atoms with E-state index in [-0.39, 0.29) is 11.8 Å². The molecule has 0 saturated heterocycles. The van der Waals surface area contributed by atoms with E-state index in [1.165, 1.54) is 0 Å². The molecule has 3 heteroatoms. The Morgan fingerprint density at radius 2 is 1.74 bits per heavy atom. The maximum atomic E-state index is 11.0. The van der Waals surface area contributed by atoms with Crippen LogP contribution in [0.2, 0.25) is 0 Å². The van der Waals surface area contributed by atoms with E-state index in [0.717, 1.165) is 17.1 Å². The maximum Gasteiger partial charge on any atom is 0.307 e. The molecule has 1 N–H and O–H groups in total. The Morgan fingerprint density at radius 1 is 1.05 bits per heavy atom. The lowest BCUT2D eigenvalue weighted by molar-refractivity contribution is -0.138. The zero-order chi connectivity index (χ0) is 13.2. The van der Waals surface area contributed by atoms with Crippen molar-refractivity contribution in [2.24, 2.45) is 5.92 Å². The SMILES string of the molecule is O=C(O)C1CC1c1ccccc1Oc1ccccc1. The predicted octanol–water partition coefficient (Wildman–Crippen LogP) is 3.67. The molecule has 1 saturated carbocycles. The lowest BCUT2D eigenvalue weighted by Crippen LogP contribution is -1.99. The van der Waals surface area contributed by atoms with Gasteiger partial charge in [-0.25, -0.2) is 0 Å². The van der Waals surface area contributed by atoms with Gasteiger partial charge in [0.1, 0.15) is 11.5 Å². The molecule has 0 spiro atoms. The Hall–Kier alpha value is -2.29. The second-order valence-corrected chi connectivity index (χ2v) is 4.74. The third kappa shape index (κ3) is 2.45. The molecular weight excluding hydrogens is 240 g/mol. The molecule has 0 aliphatic heterocycles. The molecule has 0 heterocycles. The van der Waals surface area contributed by atoms with Crippen molar-refractivity contribution in [3.05, 3.63) is 60.2 Å². The summed E-state index contributed by atoms with van der Waals surface area (Å²) in [5.74, 6) is 0.613. The summed E-state index contributed by atoms with van der Waals surface area (Å²) < 4.78 is 5.85. The highest BCUT2D eigenvalue weighted by molar-refractivity contribution is 5.75. The summed E-state index contributed by atoms with van der Waals surface area (Å²) in [4.78, 5) is 11.0. The number of ether oxygens (including phenoxy) is 1. The van der Waals surface area contributed by atoms with Crippen molar-refractivity contribution < 1.29 is 14.6 Å². The van der Waals surface area contributed by atoms with Crippen LogP contribution in [0, 0.1) is 5.92 Å². The van der Waals surface area contributed by atoms with E-state index < -0.39 is 5.97 Å². The highest BCUT2D eigenvalue weighted by atomic mass is 16.5. The summed E-state index contributed by atoms with van der Waals surface area (Å²) in [5.41, 5.74) is 0.985. The molecule has 2 unspecified atom stereocenters. The van der Waals surface area contributed by atoms with Crippen molar-refractivity contribution in [1.82, 2.24) is 0 Å². The number of para-hydroxylation sites is 2. The number of rotatable bonds is 4. The monoisotopic (exact) mass is 254 g/mol. The summed E-state index contributed by atoms with van der Waals surface area (Å²) in [7, 11) is 0. The molecule has 2 aromatic rings. The maximum absolute atomic E-state index is 11.0. The van der Waals surface area contributed by atoms with Gasteiger partial charge in [0, 0.05) is 5.92 Å². The van der Waals surface area contributed by atoms with Crippen LogP contribution in [-0.2, 0) is 4.79 Å². The van der Waals surface area contributed by atoms with Gasteiger partial charge in [0.05, 0.1) is 5.92 Å². The van der Waals surface area contributed by atoms with Crippen molar-refractivity contribution in [1.29, 1.82) is 0 Å². The molecule has 1 aliphatic carbocycles. The Kier molecular flexibility index (Phi) is 2.95. The lowest BCUT2D eigenvalue weighted by atomic mass is 10.1. The van der Waals surface area contributed by atoms with E-state index in [2.05, 4.69) is 0 Å². The number of carboxylic acid groups (broad SMARTS) is 1. The molecule has 0 amide bonds. The van der Waals surface area contributed by atoms with Crippen LogP contribution in [0.5, 0.6) is 11.5 Å². The summed E-state index contributed by atoms with van der Waals surface area (Å²) in [6, 6.07) is 17.2. The van der Waals surface area contributed by atoms with Crippen LogP contribution in [0.4, 0.5) is 0 Å². The van der Waals surface area contributed by atoms with Crippen molar-refractivity contribution in [2.75, 3.05) is 0 Å². The Labute approximate surface area is 111 Å². The normalized spacial score (nSPS) is 20.8. The molecule has 0 radical (unpaired) electrons. The second kappa shape index (κ2) is 4.76. The first-order chi connectivity index (χ1) is 9.25. The summed E-state index contributed by atoms with van der Waals surface area (Å²) in [6.07, 6.45) is 0.699. The first kappa shape index (κ1) is 11.8. The molecule has 1 aliphatic rings. The van der Waals surface area contributed by atoms with Crippen molar-refractivity contribution in [3.8, 4) is 11.5 Å². The van der Waals surface area contributed by atoms with Crippen LogP contribution >= 0.6 is 0 Å². The molecule has 19 heavy (non-hydrogen) atoms. The minimum atomic E-state index is -0.723. The number of carboxylic acids is 1. The second-order valence-electron chi connectivity index (χ2n) is 4.74. The first-order valence-electron chi connectivity index (χ1n) is 6.30. The predicted molar refractivity (Wildman–Crippen MR) is 71.4 cm³/mol. The van der Waals surface area contributed by atoms with Gasteiger partial charge >= 0.3 is 5.97 Å². The standard InChI is InChI=1S/C16H14O3/c17-16(18)14-10-13(14)12-8-4-5-9-15(12)19-11-6-2-1-3-7-11/h1-9,13-14H,10H2,(H,17,18). The third-order valence-corrected chi connectivity index (χ3v) is 3.40. The van der Waals surface area contributed by atoms with E-state index in [1.807, 2.05) is 54.6 Å². The zero-order valence-corrected chi connectivity index (χ0v) is 10.3. The fraction of sp³-hybridized carbons (Fsp3) is 0.188. The number of benzene rings is 2. The van der Waals surface area contributed by atoms with Crippen molar-refractivity contribution >= 4 is 5.97 Å². The highest BCUT2D eigenvalue weighted by Crippen LogP contribution is 2.50. The van der Waals surface area contributed by atoms with Gasteiger partial charge in [0.15, 0.2) is 0 Å². The van der Waals surface area contributed by atoms with Crippen LogP contribution in [0.15, 0.2) is 54.6 Å². The molecule has 96 valence electrons. The molecule has 0 aromatic heterocycles. The fourth-order valence-electron chi connectivity index (χ4n) is 2.31. The molecule has 2 atom stereocenters. The van der Waals surface area contributed by atoms with E-state index in [4.69, 9.17) is 9.84 Å². The summed E-state index contributed by atoms with van der Waals surface area (Å²) in [5, 5.41) is 9.02. The average molecular weight is 254 g/mol. The van der Waals surface area contributed by atoms with E-state index in [0.29, 0.717) is 6.42 Å². The third-order valence-electron chi connectivity index (χ3n) is 3.40. The largest absolute Gasteiger partial charge is 0.481 e. The lowest BCUT2D eigenvalue weighted by Gasteiger charge is -2.10. The number of aliphatic carboxylic acids is 1. The Balaban J connectivity index is 1.85. The van der Waals surface area contributed by atoms with Gasteiger partial charge in [0.2, 0.25) is 0 Å². The van der Waals surface area contributed by atoms with Crippen molar-refractivity contribution in [3.63, 3.8) is 0 Å². The average Bonchev–Trinajstić information content (AvgIpc) is 3.21. The molecule has 0 bridgehead atoms. The molecule has 2 aromatic carbocycles.